The molecule has 4 heteroatoms. The van der Waals surface area contributed by atoms with E-state index in [0.717, 1.165) is 12.8 Å². The molecule has 3 rings (SSSR count). The number of hydrogen-bond donors (Lipinski definition) is 2. The fraction of sp³-hybridized carbons (Fsp3) is 0.300. The highest BCUT2D eigenvalue weighted by Gasteiger charge is 2.32. The minimum atomic E-state index is -1.04. The van der Waals surface area contributed by atoms with E-state index < -0.39 is 12.0 Å². The molecule has 1 aliphatic rings. The van der Waals surface area contributed by atoms with Crippen molar-refractivity contribution >= 4 is 11.9 Å². The fourth-order valence-electron chi connectivity index (χ4n) is 3.31. The summed E-state index contributed by atoms with van der Waals surface area (Å²) in [7, 11) is 0. The third-order valence-electron chi connectivity index (χ3n) is 4.67. The number of carbonyl (C=O) groups excluding carboxylic acids is 1. The zero-order chi connectivity index (χ0) is 16.9. The highest BCUT2D eigenvalue weighted by Crippen LogP contribution is 2.43. The summed E-state index contributed by atoms with van der Waals surface area (Å²) in [6.07, 6.45) is 2.36. The van der Waals surface area contributed by atoms with Gasteiger partial charge >= 0.3 is 5.97 Å². The van der Waals surface area contributed by atoms with Crippen LogP contribution >= 0.6 is 0 Å². The molecule has 2 aromatic rings. The summed E-state index contributed by atoms with van der Waals surface area (Å²) in [6, 6.07) is 18.1. The zero-order valence-corrected chi connectivity index (χ0v) is 13.4. The summed E-state index contributed by atoms with van der Waals surface area (Å²) in [5.74, 6) is -0.373. The van der Waals surface area contributed by atoms with E-state index in [2.05, 4.69) is 17.4 Å². The molecule has 1 amide bonds. The van der Waals surface area contributed by atoms with E-state index in [1.165, 1.54) is 5.56 Å². The predicted octanol–water partition coefficient (Wildman–Crippen LogP) is 3.51. The molecule has 0 heterocycles. The molecule has 0 aromatic heterocycles. The maximum atomic E-state index is 12.2. The number of hydrogen-bond acceptors (Lipinski definition) is 2. The molecule has 124 valence electrons. The summed E-state index contributed by atoms with van der Waals surface area (Å²) in [5, 5.41) is 12.0. The zero-order valence-electron chi connectivity index (χ0n) is 13.4. The van der Waals surface area contributed by atoms with E-state index >= 15 is 0 Å². The van der Waals surface area contributed by atoms with Gasteiger partial charge in [0.15, 0.2) is 6.04 Å². The molecule has 0 radical (unpaired) electrons. The molecule has 0 aliphatic heterocycles. The second kappa shape index (κ2) is 7.30. The number of carbonyl (C=O) groups is 2. The van der Waals surface area contributed by atoms with E-state index in [1.54, 1.807) is 24.3 Å². The van der Waals surface area contributed by atoms with Crippen molar-refractivity contribution < 1.29 is 14.7 Å². The van der Waals surface area contributed by atoms with Crippen molar-refractivity contribution in [3.8, 4) is 0 Å². The second-order valence-corrected chi connectivity index (χ2v) is 6.40. The number of benzene rings is 2. The second-order valence-electron chi connectivity index (χ2n) is 6.40. The number of amides is 1. The van der Waals surface area contributed by atoms with Crippen LogP contribution in [0.5, 0.6) is 0 Å². The summed E-state index contributed by atoms with van der Waals surface area (Å²) in [6.45, 7) is 0. The smallest absolute Gasteiger partial charge is 0.330 e. The van der Waals surface area contributed by atoms with Crippen LogP contribution in [0.2, 0.25) is 0 Å². The van der Waals surface area contributed by atoms with Crippen LogP contribution in [0.4, 0.5) is 0 Å². The van der Waals surface area contributed by atoms with Crippen molar-refractivity contribution in [2.24, 2.45) is 5.92 Å². The largest absolute Gasteiger partial charge is 0.479 e. The highest BCUT2D eigenvalue weighted by molar-refractivity contribution is 5.84. The molecule has 24 heavy (non-hydrogen) atoms. The predicted molar refractivity (Wildman–Crippen MR) is 91.5 cm³/mol. The Morgan fingerprint density at radius 2 is 1.58 bits per heavy atom. The van der Waals surface area contributed by atoms with Crippen LogP contribution in [0.3, 0.4) is 0 Å². The van der Waals surface area contributed by atoms with Gasteiger partial charge in [0.1, 0.15) is 0 Å². The van der Waals surface area contributed by atoms with Gasteiger partial charge in [-0.2, -0.15) is 0 Å². The van der Waals surface area contributed by atoms with Gasteiger partial charge in [-0.25, -0.2) is 4.79 Å². The monoisotopic (exact) mass is 323 g/mol. The van der Waals surface area contributed by atoms with Crippen LogP contribution in [0.1, 0.15) is 42.3 Å². The van der Waals surface area contributed by atoms with Crippen LogP contribution in [0.25, 0.3) is 0 Å². The van der Waals surface area contributed by atoms with Crippen molar-refractivity contribution in [1.82, 2.24) is 5.32 Å². The number of carboxylic acid groups (broad SMARTS) is 1. The van der Waals surface area contributed by atoms with Gasteiger partial charge < -0.3 is 10.4 Å². The third-order valence-corrected chi connectivity index (χ3v) is 4.67. The normalized spacial score (nSPS) is 20.7. The summed E-state index contributed by atoms with van der Waals surface area (Å²) in [4.78, 5) is 23.6. The van der Waals surface area contributed by atoms with Gasteiger partial charge in [0.25, 0.3) is 0 Å². The third kappa shape index (κ3) is 3.82. The number of carboxylic acids is 1. The molecule has 0 spiro atoms. The van der Waals surface area contributed by atoms with Crippen molar-refractivity contribution in [2.75, 3.05) is 0 Å². The van der Waals surface area contributed by atoms with E-state index in [1.807, 2.05) is 24.3 Å². The summed E-state index contributed by atoms with van der Waals surface area (Å²) >= 11 is 0. The average Bonchev–Trinajstić information content (AvgIpc) is 2.57. The quantitative estimate of drug-likeness (QED) is 0.855. The first-order chi connectivity index (χ1) is 11.6. The maximum Gasteiger partial charge on any atom is 0.330 e. The lowest BCUT2D eigenvalue weighted by molar-refractivity contribution is -0.142. The first kappa shape index (κ1) is 16.2. The highest BCUT2D eigenvalue weighted by atomic mass is 16.4. The number of rotatable bonds is 6. The Labute approximate surface area is 141 Å². The summed E-state index contributed by atoms with van der Waals surface area (Å²) < 4.78 is 0. The Kier molecular flexibility index (Phi) is 4.94. The van der Waals surface area contributed by atoms with Gasteiger partial charge in [-0.1, -0.05) is 60.7 Å². The van der Waals surface area contributed by atoms with Gasteiger partial charge in [-0.05, 0) is 35.8 Å². The molecule has 1 aliphatic carbocycles. The topological polar surface area (TPSA) is 66.4 Å². The Balaban J connectivity index is 1.52. The Hall–Kier alpha value is -2.62. The lowest BCUT2D eigenvalue weighted by Gasteiger charge is -2.35. The van der Waals surface area contributed by atoms with Crippen molar-refractivity contribution in [3.63, 3.8) is 0 Å². The van der Waals surface area contributed by atoms with Crippen LogP contribution in [0.15, 0.2) is 60.7 Å². The standard InChI is InChI=1S/C20H21NO3/c22-18(21-19(20(23)24)16-9-5-2-6-10-16)13-14-11-17(12-14)15-7-3-1-4-8-15/h1-10,14,17,19H,11-13H2,(H,21,22)(H,23,24)/t14?,17?,19-/m1/s1. The van der Waals surface area contributed by atoms with Crippen LogP contribution in [-0.2, 0) is 9.59 Å². The molecule has 0 bridgehead atoms. The average molecular weight is 323 g/mol. The van der Waals surface area contributed by atoms with Crippen LogP contribution in [-0.4, -0.2) is 17.0 Å². The van der Waals surface area contributed by atoms with E-state index in [4.69, 9.17) is 0 Å². The van der Waals surface area contributed by atoms with Gasteiger partial charge in [0.05, 0.1) is 0 Å². The Morgan fingerprint density at radius 1 is 1.00 bits per heavy atom. The lowest BCUT2D eigenvalue weighted by Crippen LogP contribution is -2.36. The van der Waals surface area contributed by atoms with Gasteiger partial charge in [-0.15, -0.1) is 0 Å². The van der Waals surface area contributed by atoms with Crippen molar-refractivity contribution in [1.29, 1.82) is 0 Å². The minimum absolute atomic E-state index is 0.192. The van der Waals surface area contributed by atoms with Crippen molar-refractivity contribution in [3.05, 3.63) is 71.8 Å². The molecule has 0 unspecified atom stereocenters. The van der Waals surface area contributed by atoms with Gasteiger partial charge in [0.2, 0.25) is 5.91 Å². The number of aliphatic carboxylic acids is 1. The van der Waals surface area contributed by atoms with Gasteiger partial charge in [0, 0.05) is 6.42 Å². The van der Waals surface area contributed by atoms with E-state index in [0.29, 0.717) is 23.8 Å². The summed E-state index contributed by atoms with van der Waals surface area (Å²) in [5.41, 5.74) is 1.91. The first-order valence-corrected chi connectivity index (χ1v) is 8.25. The molecule has 1 saturated carbocycles. The van der Waals surface area contributed by atoms with Crippen molar-refractivity contribution in [2.45, 2.75) is 31.2 Å². The molecule has 1 atom stereocenters. The fourth-order valence-corrected chi connectivity index (χ4v) is 3.31. The molecule has 2 N–H and O–H groups in total. The minimum Gasteiger partial charge on any atom is -0.479 e. The molecule has 2 aromatic carbocycles. The Morgan fingerprint density at radius 3 is 2.17 bits per heavy atom. The molecular weight excluding hydrogens is 302 g/mol. The SMILES string of the molecule is O=C(CC1CC(c2ccccc2)C1)N[C@@H](C(=O)O)c1ccccc1. The maximum absolute atomic E-state index is 12.2. The van der Waals surface area contributed by atoms with E-state index in [9.17, 15) is 14.7 Å². The molecular formula is C20H21NO3. The first-order valence-electron chi connectivity index (χ1n) is 8.25. The van der Waals surface area contributed by atoms with Gasteiger partial charge in [-0.3, -0.25) is 4.79 Å². The molecule has 0 saturated heterocycles. The van der Waals surface area contributed by atoms with E-state index in [-0.39, 0.29) is 5.91 Å². The molecule has 1 fully saturated rings. The van der Waals surface area contributed by atoms with Crippen LogP contribution in [0, 0.1) is 5.92 Å². The number of nitrogens with one attached hydrogen (secondary N) is 1. The van der Waals surface area contributed by atoms with Crippen LogP contribution < -0.4 is 5.32 Å². The molecule has 4 nitrogen and oxygen atoms in total. The Bertz CT molecular complexity index is 693. The lowest BCUT2D eigenvalue weighted by atomic mass is 9.70.